The van der Waals surface area contributed by atoms with Gasteiger partial charge < -0.3 is 15.2 Å². The maximum atomic E-state index is 6.25. The number of nitrogens with zero attached hydrogens (tertiary/aromatic N) is 1. The minimum Gasteiger partial charge on any atom is -0.497 e. The second-order valence-corrected chi connectivity index (χ2v) is 7.13. The number of benzene rings is 1. The molecule has 1 saturated carbocycles. The summed E-state index contributed by atoms with van der Waals surface area (Å²) >= 11 is 0. The van der Waals surface area contributed by atoms with Gasteiger partial charge in [0.2, 0.25) is 0 Å². The number of hydrogen-bond acceptors (Lipinski definition) is 4. The molecule has 0 aliphatic heterocycles. The van der Waals surface area contributed by atoms with Crippen molar-refractivity contribution in [2.75, 3.05) is 27.3 Å². The fraction of sp³-hybridized carbons (Fsp3) is 0.667. The molecule has 0 bridgehead atoms. The van der Waals surface area contributed by atoms with Gasteiger partial charge in [-0.15, -0.1) is 0 Å². The fourth-order valence-electron chi connectivity index (χ4n) is 3.03. The van der Waals surface area contributed by atoms with Crippen LogP contribution in [-0.4, -0.2) is 37.7 Å². The second-order valence-electron chi connectivity index (χ2n) is 7.13. The molecule has 0 radical (unpaired) electrons. The summed E-state index contributed by atoms with van der Waals surface area (Å²) in [6.07, 6.45) is 4.07. The average Bonchev–Trinajstić information content (AvgIpc) is 2.41. The Hall–Kier alpha value is -1.26. The van der Waals surface area contributed by atoms with Crippen LogP contribution in [0.5, 0.6) is 11.5 Å². The third kappa shape index (κ3) is 4.89. The van der Waals surface area contributed by atoms with E-state index in [1.54, 1.807) is 14.2 Å². The first-order valence-corrected chi connectivity index (χ1v) is 8.13. The molecule has 1 aromatic rings. The minimum atomic E-state index is -0.191. The molecule has 0 spiro atoms. The highest BCUT2D eigenvalue weighted by molar-refractivity contribution is 5.40. The Bertz CT molecular complexity index is 478. The van der Waals surface area contributed by atoms with Crippen molar-refractivity contribution in [2.45, 2.75) is 45.2 Å². The average molecular weight is 306 g/mol. The molecule has 0 heterocycles. The summed E-state index contributed by atoms with van der Waals surface area (Å²) in [6, 6.07) is 6.03. The zero-order chi connectivity index (χ0) is 16.2. The van der Waals surface area contributed by atoms with E-state index < -0.39 is 0 Å². The third-order valence-electron chi connectivity index (χ3n) is 4.26. The second kappa shape index (κ2) is 7.34. The Labute approximate surface area is 134 Å². The van der Waals surface area contributed by atoms with Crippen molar-refractivity contribution in [2.24, 2.45) is 11.7 Å². The normalized spacial score (nSPS) is 15.7. The van der Waals surface area contributed by atoms with Crippen LogP contribution in [0.3, 0.4) is 0 Å². The highest BCUT2D eigenvalue weighted by Crippen LogP contribution is 2.30. The van der Waals surface area contributed by atoms with Gasteiger partial charge in [-0.25, -0.2) is 0 Å². The van der Waals surface area contributed by atoms with Gasteiger partial charge in [-0.05, 0) is 38.7 Å². The molecule has 2 N–H and O–H groups in total. The minimum absolute atomic E-state index is 0.191. The van der Waals surface area contributed by atoms with Crippen molar-refractivity contribution in [3.8, 4) is 11.5 Å². The Morgan fingerprint density at radius 1 is 1.23 bits per heavy atom. The third-order valence-corrected chi connectivity index (χ3v) is 4.26. The molecular formula is C18H30N2O2. The van der Waals surface area contributed by atoms with E-state index in [0.29, 0.717) is 0 Å². The van der Waals surface area contributed by atoms with E-state index in [1.165, 1.54) is 24.8 Å². The van der Waals surface area contributed by atoms with Crippen LogP contribution in [0.25, 0.3) is 0 Å². The monoisotopic (exact) mass is 306 g/mol. The maximum absolute atomic E-state index is 6.25. The molecule has 0 unspecified atom stereocenters. The quantitative estimate of drug-likeness (QED) is 0.802. The van der Waals surface area contributed by atoms with Crippen LogP contribution in [0.15, 0.2) is 18.2 Å². The van der Waals surface area contributed by atoms with Crippen LogP contribution in [0.2, 0.25) is 0 Å². The fourth-order valence-corrected chi connectivity index (χ4v) is 3.03. The highest BCUT2D eigenvalue weighted by Gasteiger charge is 2.24. The summed E-state index contributed by atoms with van der Waals surface area (Å²) in [5, 5.41) is 0. The highest BCUT2D eigenvalue weighted by atomic mass is 16.5. The number of nitrogens with two attached hydrogens (primary N) is 1. The molecule has 0 atom stereocenters. The van der Waals surface area contributed by atoms with E-state index in [4.69, 9.17) is 15.2 Å². The van der Waals surface area contributed by atoms with Crippen molar-refractivity contribution in [3.05, 3.63) is 23.8 Å². The summed E-state index contributed by atoms with van der Waals surface area (Å²) in [6.45, 7) is 7.05. The van der Waals surface area contributed by atoms with E-state index in [-0.39, 0.29) is 5.54 Å². The lowest BCUT2D eigenvalue weighted by molar-refractivity contribution is 0.147. The van der Waals surface area contributed by atoms with Crippen LogP contribution in [0.4, 0.5) is 0 Å². The molecule has 4 nitrogen and oxygen atoms in total. The Morgan fingerprint density at radius 3 is 2.45 bits per heavy atom. The van der Waals surface area contributed by atoms with E-state index in [1.807, 2.05) is 12.1 Å². The van der Waals surface area contributed by atoms with Crippen LogP contribution < -0.4 is 15.2 Å². The van der Waals surface area contributed by atoms with Gasteiger partial charge in [-0.3, -0.25) is 4.90 Å². The van der Waals surface area contributed by atoms with Gasteiger partial charge in [0.25, 0.3) is 0 Å². The van der Waals surface area contributed by atoms with Gasteiger partial charge in [0.15, 0.2) is 0 Å². The van der Waals surface area contributed by atoms with Crippen LogP contribution in [0, 0.1) is 5.92 Å². The largest absolute Gasteiger partial charge is 0.497 e. The Kier molecular flexibility index (Phi) is 5.70. The molecule has 2 rings (SSSR count). The number of hydrogen-bond donors (Lipinski definition) is 1. The summed E-state index contributed by atoms with van der Waals surface area (Å²) in [5.74, 6) is 2.53. The summed E-state index contributed by atoms with van der Waals surface area (Å²) in [5.41, 5.74) is 7.24. The molecule has 1 aliphatic carbocycles. The van der Waals surface area contributed by atoms with Crippen LogP contribution >= 0.6 is 0 Å². The topological polar surface area (TPSA) is 47.7 Å². The smallest absolute Gasteiger partial charge is 0.127 e. The van der Waals surface area contributed by atoms with Gasteiger partial charge >= 0.3 is 0 Å². The SMILES string of the molecule is COc1ccc(CN(CC2CCC2)CC(C)(C)N)c(OC)c1. The number of rotatable bonds is 8. The van der Waals surface area contributed by atoms with Crippen LogP contribution in [0.1, 0.15) is 38.7 Å². The standard InChI is InChI=1S/C18H30N2O2/c1-18(2,19)13-20(11-14-6-5-7-14)12-15-8-9-16(21-3)10-17(15)22-4/h8-10,14H,5-7,11-13,19H2,1-4H3. The zero-order valence-corrected chi connectivity index (χ0v) is 14.4. The predicted octanol–water partition coefficient (Wildman–Crippen LogP) is 3.04. The van der Waals surface area contributed by atoms with Gasteiger partial charge in [0.1, 0.15) is 11.5 Å². The summed E-state index contributed by atoms with van der Waals surface area (Å²) < 4.78 is 10.8. The van der Waals surface area contributed by atoms with Crippen molar-refractivity contribution in [1.82, 2.24) is 4.90 Å². The molecular weight excluding hydrogens is 276 g/mol. The first-order valence-electron chi connectivity index (χ1n) is 8.13. The van der Waals surface area contributed by atoms with Gasteiger partial charge in [0.05, 0.1) is 14.2 Å². The zero-order valence-electron chi connectivity index (χ0n) is 14.4. The van der Waals surface area contributed by atoms with Crippen LogP contribution in [-0.2, 0) is 6.54 Å². The summed E-state index contributed by atoms with van der Waals surface area (Å²) in [7, 11) is 3.38. The Balaban J connectivity index is 2.10. The van der Waals surface area contributed by atoms with Gasteiger partial charge in [-0.2, -0.15) is 0 Å². The predicted molar refractivity (Wildman–Crippen MR) is 90.4 cm³/mol. The molecule has 0 saturated heterocycles. The maximum Gasteiger partial charge on any atom is 0.127 e. The van der Waals surface area contributed by atoms with Crippen molar-refractivity contribution in [1.29, 1.82) is 0 Å². The van der Waals surface area contributed by atoms with Crippen molar-refractivity contribution >= 4 is 0 Å². The molecule has 0 aromatic heterocycles. The molecule has 1 fully saturated rings. The lowest BCUT2D eigenvalue weighted by Crippen LogP contribution is -2.47. The summed E-state index contributed by atoms with van der Waals surface area (Å²) in [4.78, 5) is 2.47. The van der Waals surface area contributed by atoms with Gasteiger partial charge in [0, 0.05) is 36.8 Å². The molecule has 0 amide bonds. The lowest BCUT2D eigenvalue weighted by Gasteiger charge is -2.36. The molecule has 4 heteroatoms. The first-order chi connectivity index (χ1) is 10.4. The van der Waals surface area contributed by atoms with Gasteiger partial charge in [-0.1, -0.05) is 12.5 Å². The van der Waals surface area contributed by atoms with E-state index >= 15 is 0 Å². The Morgan fingerprint density at radius 2 is 1.95 bits per heavy atom. The van der Waals surface area contributed by atoms with E-state index in [0.717, 1.165) is 37.1 Å². The lowest BCUT2D eigenvalue weighted by atomic mass is 9.84. The number of ether oxygens (including phenoxy) is 2. The van der Waals surface area contributed by atoms with E-state index in [2.05, 4.69) is 24.8 Å². The molecule has 1 aliphatic rings. The number of methoxy groups -OCH3 is 2. The molecule has 1 aromatic carbocycles. The van der Waals surface area contributed by atoms with Crippen molar-refractivity contribution < 1.29 is 9.47 Å². The van der Waals surface area contributed by atoms with Crippen molar-refractivity contribution in [3.63, 3.8) is 0 Å². The molecule has 124 valence electrons. The molecule has 22 heavy (non-hydrogen) atoms. The first kappa shape index (κ1) is 17.1. The van der Waals surface area contributed by atoms with E-state index in [9.17, 15) is 0 Å².